The van der Waals surface area contributed by atoms with Gasteiger partial charge in [0.1, 0.15) is 5.76 Å². The van der Waals surface area contributed by atoms with Gasteiger partial charge in [-0.05, 0) is 23.5 Å². The van der Waals surface area contributed by atoms with Crippen molar-refractivity contribution in [3.05, 3.63) is 35.6 Å². The van der Waals surface area contributed by atoms with Crippen LogP contribution in [0.1, 0.15) is 12.7 Å². The minimum atomic E-state index is -0.141. The third kappa shape index (κ3) is 6.19. The Hall–Kier alpha value is -1.20. The fraction of sp³-hybridized carbons (Fsp3) is 0.417. The second kappa shape index (κ2) is 7.97. The van der Waals surface area contributed by atoms with E-state index < -0.39 is 0 Å². The molecule has 0 bridgehead atoms. The number of furan rings is 1. The molecule has 0 aliphatic heterocycles. The molecule has 0 aliphatic carbocycles. The molecule has 2 N–H and O–H groups in total. The summed E-state index contributed by atoms with van der Waals surface area (Å²) < 4.78 is 5.15. The Morgan fingerprint density at radius 3 is 3.18 bits per heavy atom. The lowest BCUT2D eigenvalue weighted by Gasteiger charge is -2.07. The van der Waals surface area contributed by atoms with Crippen molar-refractivity contribution in [2.45, 2.75) is 12.7 Å². The van der Waals surface area contributed by atoms with Gasteiger partial charge in [-0.1, -0.05) is 6.92 Å². The maximum Gasteiger partial charge on any atom is 0.244 e. The molecule has 0 saturated carbocycles. The standard InChI is InChI=1S/C12H17NO3S/c1-10(8-14)7-13-12(15)4-6-17-9-11-3-2-5-16-11/h2-6,10,14H,7-9H2,1H3,(H,13,15)/b6-4+. The molecular weight excluding hydrogens is 238 g/mol. The van der Waals surface area contributed by atoms with Crippen LogP contribution in [0.5, 0.6) is 0 Å². The molecule has 1 heterocycles. The summed E-state index contributed by atoms with van der Waals surface area (Å²) in [6.07, 6.45) is 3.11. The summed E-state index contributed by atoms with van der Waals surface area (Å²) in [5.74, 6) is 1.54. The van der Waals surface area contributed by atoms with E-state index in [1.807, 2.05) is 19.1 Å². The molecule has 1 atom stereocenters. The van der Waals surface area contributed by atoms with Gasteiger partial charge in [0.05, 0.1) is 12.0 Å². The average molecular weight is 255 g/mol. The molecule has 4 nitrogen and oxygen atoms in total. The third-order valence-corrected chi connectivity index (χ3v) is 2.84. The van der Waals surface area contributed by atoms with Crippen LogP contribution >= 0.6 is 11.8 Å². The summed E-state index contributed by atoms with van der Waals surface area (Å²) >= 11 is 1.49. The van der Waals surface area contributed by atoms with Gasteiger partial charge in [0.2, 0.25) is 5.91 Å². The molecule has 1 amide bonds. The number of rotatable bonds is 7. The summed E-state index contributed by atoms with van der Waals surface area (Å²) in [5, 5.41) is 13.2. The Labute approximate surface area is 105 Å². The van der Waals surface area contributed by atoms with E-state index in [1.54, 1.807) is 11.7 Å². The first kappa shape index (κ1) is 13.9. The van der Waals surface area contributed by atoms with Crippen molar-refractivity contribution >= 4 is 17.7 Å². The molecule has 17 heavy (non-hydrogen) atoms. The van der Waals surface area contributed by atoms with Crippen molar-refractivity contribution in [1.82, 2.24) is 5.32 Å². The molecular formula is C12H17NO3S. The van der Waals surface area contributed by atoms with Gasteiger partial charge in [0.15, 0.2) is 0 Å². The summed E-state index contributed by atoms with van der Waals surface area (Å²) in [4.78, 5) is 11.3. The lowest BCUT2D eigenvalue weighted by Crippen LogP contribution is -2.27. The molecule has 0 aliphatic rings. The predicted molar refractivity (Wildman–Crippen MR) is 68.4 cm³/mol. The highest BCUT2D eigenvalue weighted by atomic mass is 32.2. The van der Waals surface area contributed by atoms with E-state index in [-0.39, 0.29) is 18.4 Å². The van der Waals surface area contributed by atoms with E-state index in [0.717, 1.165) is 5.76 Å². The van der Waals surface area contributed by atoms with E-state index in [2.05, 4.69) is 5.32 Å². The largest absolute Gasteiger partial charge is 0.468 e. The number of nitrogens with one attached hydrogen (secondary N) is 1. The number of amides is 1. The van der Waals surface area contributed by atoms with Crippen LogP contribution in [0.25, 0.3) is 0 Å². The maximum atomic E-state index is 11.3. The highest BCUT2D eigenvalue weighted by Crippen LogP contribution is 2.12. The molecule has 5 heteroatoms. The van der Waals surface area contributed by atoms with E-state index in [0.29, 0.717) is 12.3 Å². The van der Waals surface area contributed by atoms with Gasteiger partial charge in [0, 0.05) is 19.2 Å². The average Bonchev–Trinajstić information content (AvgIpc) is 2.84. The minimum absolute atomic E-state index is 0.0806. The monoisotopic (exact) mass is 255 g/mol. The Balaban J connectivity index is 2.13. The van der Waals surface area contributed by atoms with Gasteiger partial charge in [-0.2, -0.15) is 0 Å². The van der Waals surface area contributed by atoms with Crippen LogP contribution in [-0.4, -0.2) is 24.2 Å². The first-order valence-corrected chi connectivity index (χ1v) is 6.46. The second-order valence-electron chi connectivity index (χ2n) is 3.73. The molecule has 0 spiro atoms. The molecule has 0 saturated heterocycles. The molecule has 1 aromatic heterocycles. The first-order chi connectivity index (χ1) is 8.22. The van der Waals surface area contributed by atoms with Gasteiger partial charge in [-0.3, -0.25) is 4.79 Å². The number of carbonyl (C=O) groups excluding carboxylic acids is 1. The van der Waals surface area contributed by atoms with Crippen LogP contribution < -0.4 is 5.32 Å². The fourth-order valence-corrected chi connectivity index (χ4v) is 1.68. The first-order valence-electron chi connectivity index (χ1n) is 5.41. The van der Waals surface area contributed by atoms with E-state index in [1.165, 1.54) is 17.8 Å². The van der Waals surface area contributed by atoms with Gasteiger partial charge in [-0.25, -0.2) is 0 Å². The van der Waals surface area contributed by atoms with Crippen LogP contribution in [0, 0.1) is 5.92 Å². The summed E-state index contributed by atoms with van der Waals surface area (Å²) in [6, 6.07) is 3.73. The number of hydrogen-bond donors (Lipinski definition) is 2. The maximum absolute atomic E-state index is 11.3. The van der Waals surface area contributed by atoms with Crippen molar-refractivity contribution in [3.8, 4) is 0 Å². The Bertz CT molecular complexity index is 349. The van der Waals surface area contributed by atoms with Crippen molar-refractivity contribution < 1.29 is 14.3 Å². The molecule has 1 aromatic rings. The van der Waals surface area contributed by atoms with E-state index in [4.69, 9.17) is 9.52 Å². The van der Waals surface area contributed by atoms with Gasteiger partial charge < -0.3 is 14.8 Å². The lowest BCUT2D eigenvalue weighted by atomic mass is 10.2. The summed E-state index contributed by atoms with van der Waals surface area (Å²) in [6.45, 7) is 2.44. The highest BCUT2D eigenvalue weighted by molar-refractivity contribution is 8.01. The Morgan fingerprint density at radius 2 is 2.53 bits per heavy atom. The van der Waals surface area contributed by atoms with Crippen LogP contribution in [-0.2, 0) is 10.5 Å². The topological polar surface area (TPSA) is 62.5 Å². The minimum Gasteiger partial charge on any atom is -0.468 e. The van der Waals surface area contributed by atoms with E-state index >= 15 is 0 Å². The molecule has 0 fully saturated rings. The van der Waals surface area contributed by atoms with Crippen molar-refractivity contribution in [2.24, 2.45) is 5.92 Å². The van der Waals surface area contributed by atoms with Gasteiger partial charge in [0.25, 0.3) is 0 Å². The third-order valence-electron chi connectivity index (χ3n) is 2.06. The number of hydrogen-bond acceptors (Lipinski definition) is 4. The SMILES string of the molecule is CC(CO)CNC(=O)/C=C/SCc1ccco1. The van der Waals surface area contributed by atoms with Crippen LogP contribution in [0.15, 0.2) is 34.3 Å². The number of aliphatic hydroxyl groups is 1. The number of carbonyl (C=O) groups is 1. The molecule has 1 rings (SSSR count). The Morgan fingerprint density at radius 1 is 1.71 bits per heavy atom. The molecule has 0 radical (unpaired) electrons. The lowest BCUT2D eigenvalue weighted by molar-refractivity contribution is -0.116. The zero-order chi connectivity index (χ0) is 12.5. The number of thioether (sulfide) groups is 1. The van der Waals surface area contributed by atoms with Gasteiger partial charge in [-0.15, -0.1) is 11.8 Å². The Kier molecular flexibility index (Phi) is 6.50. The van der Waals surface area contributed by atoms with Crippen molar-refractivity contribution in [2.75, 3.05) is 13.2 Å². The van der Waals surface area contributed by atoms with E-state index in [9.17, 15) is 4.79 Å². The van der Waals surface area contributed by atoms with Crippen molar-refractivity contribution in [1.29, 1.82) is 0 Å². The van der Waals surface area contributed by atoms with Crippen LogP contribution in [0.2, 0.25) is 0 Å². The second-order valence-corrected chi connectivity index (χ2v) is 4.62. The van der Waals surface area contributed by atoms with Crippen LogP contribution in [0.4, 0.5) is 0 Å². The molecule has 1 unspecified atom stereocenters. The van der Waals surface area contributed by atoms with Crippen LogP contribution in [0.3, 0.4) is 0 Å². The molecule has 0 aromatic carbocycles. The highest BCUT2D eigenvalue weighted by Gasteiger charge is 2.01. The number of aliphatic hydroxyl groups excluding tert-OH is 1. The quantitative estimate of drug-likeness (QED) is 0.729. The normalized spacial score (nSPS) is 12.8. The zero-order valence-corrected chi connectivity index (χ0v) is 10.6. The molecule has 94 valence electrons. The summed E-state index contributed by atoms with van der Waals surface area (Å²) in [7, 11) is 0. The van der Waals surface area contributed by atoms with Gasteiger partial charge >= 0.3 is 0 Å². The smallest absolute Gasteiger partial charge is 0.244 e. The zero-order valence-electron chi connectivity index (χ0n) is 9.76. The van der Waals surface area contributed by atoms with Crippen molar-refractivity contribution in [3.63, 3.8) is 0 Å². The summed E-state index contributed by atoms with van der Waals surface area (Å²) in [5.41, 5.74) is 0. The fourth-order valence-electron chi connectivity index (χ4n) is 1.03. The predicted octanol–water partition coefficient (Wildman–Crippen LogP) is 1.77.